The van der Waals surface area contributed by atoms with Crippen LogP contribution in [0.1, 0.15) is 25.7 Å². The summed E-state index contributed by atoms with van der Waals surface area (Å²) in [4.78, 5) is 13.5. The summed E-state index contributed by atoms with van der Waals surface area (Å²) in [5.41, 5.74) is 0. The van der Waals surface area contributed by atoms with Crippen molar-refractivity contribution in [1.29, 1.82) is 0 Å². The van der Waals surface area contributed by atoms with Crippen molar-refractivity contribution < 1.29 is 9.53 Å². The minimum absolute atomic E-state index is 0.0465. The Morgan fingerprint density at radius 1 is 1.43 bits per heavy atom. The van der Waals surface area contributed by atoms with Crippen molar-refractivity contribution >= 4 is 6.03 Å². The van der Waals surface area contributed by atoms with Gasteiger partial charge in [-0.05, 0) is 12.8 Å². The van der Waals surface area contributed by atoms with E-state index >= 15 is 0 Å². The average Bonchev–Trinajstić information content (AvgIpc) is 2.27. The standard InChI is InChI=1S/C10H18N2O2/c1-11-10(13)12-6-7-14-9-5-3-2-4-8(9)12/h8-9H,2-7H2,1H3,(H,11,13). The lowest BCUT2D eigenvalue weighted by molar-refractivity contribution is -0.0709. The molecule has 4 heteroatoms. The highest BCUT2D eigenvalue weighted by Crippen LogP contribution is 2.28. The van der Waals surface area contributed by atoms with Gasteiger partial charge >= 0.3 is 6.03 Å². The molecule has 2 rings (SSSR count). The van der Waals surface area contributed by atoms with E-state index in [0.717, 1.165) is 19.4 Å². The van der Waals surface area contributed by atoms with Gasteiger partial charge in [-0.25, -0.2) is 4.79 Å². The Bertz CT molecular complexity index is 218. The van der Waals surface area contributed by atoms with Crippen LogP contribution in [-0.4, -0.2) is 43.3 Å². The van der Waals surface area contributed by atoms with E-state index in [1.807, 2.05) is 4.90 Å². The number of hydrogen-bond acceptors (Lipinski definition) is 2. The first-order chi connectivity index (χ1) is 6.83. The van der Waals surface area contributed by atoms with Crippen LogP contribution in [0.2, 0.25) is 0 Å². The van der Waals surface area contributed by atoms with Gasteiger partial charge in [0.25, 0.3) is 0 Å². The van der Waals surface area contributed by atoms with E-state index in [9.17, 15) is 4.79 Å². The molecule has 2 amide bonds. The molecule has 14 heavy (non-hydrogen) atoms. The Kier molecular flexibility index (Phi) is 2.91. The van der Waals surface area contributed by atoms with E-state index in [2.05, 4.69) is 5.32 Å². The molecule has 1 aliphatic carbocycles. The number of amides is 2. The summed E-state index contributed by atoms with van der Waals surface area (Å²) in [5, 5.41) is 2.70. The molecule has 80 valence electrons. The van der Waals surface area contributed by atoms with Crippen LogP contribution < -0.4 is 5.32 Å². The van der Waals surface area contributed by atoms with Crippen LogP contribution in [0.5, 0.6) is 0 Å². The summed E-state index contributed by atoms with van der Waals surface area (Å²) in [7, 11) is 1.69. The Hall–Kier alpha value is -0.770. The highest BCUT2D eigenvalue weighted by molar-refractivity contribution is 5.74. The SMILES string of the molecule is CNC(=O)N1CCOC2CCCCC21. The van der Waals surface area contributed by atoms with Crippen molar-refractivity contribution in [2.24, 2.45) is 0 Å². The van der Waals surface area contributed by atoms with Gasteiger partial charge in [0, 0.05) is 13.6 Å². The maximum absolute atomic E-state index is 11.6. The third-order valence-corrected chi connectivity index (χ3v) is 3.21. The molecule has 1 saturated carbocycles. The number of ether oxygens (including phenoxy) is 1. The molecule has 2 fully saturated rings. The molecular weight excluding hydrogens is 180 g/mol. The number of hydrogen-bond donors (Lipinski definition) is 1. The Labute approximate surface area is 84.6 Å². The van der Waals surface area contributed by atoms with Gasteiger partial charge in [-0.2, -0.15) is 0 Å². The number of carbonyl (C=O) groups excluding carboxylic acids is 1. The lowest BCUT2D eigenvalue weighted by Crippen LogP contribution is -2.56. The molecule has 1 N–H and O–H groups in total. The molecule has 1 saturated heterocycles. The molecule has 1 heterocycles. The summed E-state index contributed by atoms with van der Waals surface area (Å²) in [5.74, 6) is 0. The molecule has 2 aliphatic rings. The summed E-state index contributed by atoms with van der Waals surface area (Å²) >= 11 is 0. The normalized spacial score (nSPS) is 32.2. The molecule has 4 nitrogen and oxygen atoms in total. The zero-order chi connectivity index (χ0) is 9.97. The van der Waals surface area contributed by atoms with Crippen molar-refractivity contribution in [3.8, 4) is 0 Å². The third kappa shape index (κ3) is 1.71. The van der Waals surface area contributed by atoms with Gasteiger partial charge < -0.3 is 15.0 Å². The second kappa shape index (κ2) is 4.17. The molecular formula is C10H18N2O2. The fourth-order valence-corrected chi connectivity index (χ4v) is 2.49. The van der Waals surface area contributed by atoms with E-state index in [0.29, 0.717) is 12.6 Å². The van der Waals surface area contributed by atoms with Crippen molar-refractivity contribution in [2.45, 2.75) is 37.8 Å². The van der Waals surface area contributed by atoms with E-state index in [-0.39, 0.29) is 12.1 Å². The molecule has 0 aromatic heterocycles. The smallest absolute Gasteiger partial charge is 0.317 e. The van der Waals surface area contributed by atoms with Gasteiger partial charge in [0.15, 0.2) is 0 Å². The number of nitrogens with one attached hydrogen (secondary N) is 1. The first-order valence-electron chi connectivity index (χ1n) is 5.43. The number of nitrogens with zero attached hydrogens (tertiary/aromatic N) is 1. The van der Waals surface area contributed by atoms with Crippen molar-refractivity contribution in [3.05, 3.63) is 0 Å². The minimum Gasteiger partial charge on any atom is -0.374 e. The van der Waals surface area contributed by atoms with Gasteiger partial charge in [0.1, 0.15) is 0 Å². The second-order valence-corrected chi connectivity index (χ2v) is 4.01. The van der Waals surface area contributed by atoms with Crippen LogP contribution in [0.3, 0.4) is 0 Å². The molecule has 0 radical (unpaired) electrons. The molecule has 2 atom stereocenters. The number of urea groups is 1. The minimum atomic E-state index is 0.0465. The molecule has 0 spiro atoms. The summed E-state index contributed by atoms with van der Waals surface area (Å²) in [6.07, 6.45) is 4.95. The van der Waals surface area contributed by atoms with Crippen molar-refractivity contribution in [1.82, 2.24) is 10.2 Å². The van der Waals surface area contributed by atoms with Gasteiger partial charge in [-0.3, -0.25) is 0 Å². The molecule has 0 bridgehead atoms. The van der Waals surface area contributed by atoms with E-state index in [4.69, 9.17) is 4.74 Å². The van der Waals surface area contributed by atoms with Crippen molar-refractivity contribution in [3.63, 3.8) is 0 Å². The maximum Gasteiger partial charge on any atom is 0.317 e. The summed E-state index contributed by atoms with van der Waals surface area (Å²) in [6.45, 7) is 1.43. The zero-order valence-corrected chi connectivity index (χ0v) is 8.66. The fraction of sp³-hybridized carbons (Fsp3) is 0.900. The van der Waals surface area contributed by atoms with E-state index in [1.54, 1.807) is 7.05 Å². The highest BCUT2D eigenvalue weighted by atomic mass is 16.5. The van der Waals surface area contributed by atoms with Crippen LogP contribution in [0.15, 0.2) is 0 Å². The van der Waals surface area contributed by atoms with Crippen LogP contribution in [-0.2, 0) is 4.74 Å². The molecule has 2 unspecified atom stereocenters. The molecule has 0 aromatic rings. The second-order valence-electron chi connectivity index (χ2n) is 4.01. The van der Waals surface area contributed by atoms with Gasteiger partial charge in [-0.15, -0.1) is 0 Å². The fourth-order valence-electron chi connectivity index (χ4n) is 2.49. The maximum atomic E-state index is 11.6. The average molecular weight is 198 g/mol. The number of rotatable bonds is 0. The molecule has 1 aliphatic heterocycles. The molecule has 0 aromatic carbocycles. The summed E-state index contributed by atoms with van der Waals surface area (Å²) < 4.78 is 5.69. The van der Waals surface area contributed by atoms with E-state index in [1.165, 1.54) is 12.8 Å². The number of carbonyl (C=O) groups is 1. The predicted molar refractivity (Wildman–Crippen MR) is 53.2 cm³/mol. The van der Waals surface area contributed by atoms with Crippen LogP contribution in [0.4, 0.5) is 4.79 Å². The topological polar surface area (TPSA) is 41.6 Å². The lowest BCUT2D eigenvalue weighted by atomic mass is 9.90. The highest BCUT2D eigenvalue weighted by Gasteiger charge is 2.36. The largest absolute Gasteiger partial charge is 0.374 e. The Balaban J connectivity index is 2.04. The Morgan fingerprint density at radius 3 is 3.00 bits per heavy atom. The monoisotopic (exact) mass is 198 g/mol. The number of fused-ring (bicyclic) bond motifs is 1. The van der Waals surface area contributed by atoms with Gasteiger partial charge in [-0.1, -0.05) is 12.8 Å². The van der Waals surface area contributed by atoms with Crippen LogP contribution >= 0.6 is 0 Å². The lowest BCUT2D eigenvalue weighted by Gasteiger charge is -2.43. The van der Waals surface area contributed by atoms with Gasteiger partial charge in [0.2, 0.25) is 0 Å². The third-order valence-electron chi connectivity index (χ3n) is 3.21. The first kappa shape index (κ1) is 9.77. The number of morpholine rings is 1. The zero-order valence-electron chi connectivity index (χ0n) is 8.66. The summed E-state index contributed by atoms with van der Waals surface area (Å²) in [6, 6.07) is 0.364. The van der Waals surface area contributed by atoms with Crippen LogP contribution in [0, 0.1) is 0 Å². The van der Waals surface area contributed by atoms with Crippen LogP contribution in [0.25, 0.3) is 0 Å². The van der Waals surface area contributed by atoms with E-state index < -0.39 is 0 Å². The quantitative estimate of drug-likeness (QED) is 0.630. The van der Waals surface area contributed by atoms with Crippen molar-refractivity contribution in [2.75, 3.05) is 20.2 Å². The predicted octanol–water partition coefficient (Wildman–Crippen LogP) is 0.969. The Morgan fingerprint density at radius 2 is 2.21 bits per heavy atom. The first-order valence-corrected chi connectivity index (χ1v) is 5.43. The van der Waals surface area contributed by atoms with Gasteiger partial charge in [0.05, 0.1) is 18.8 Å².